The highest BCUT2D eigenvalue weighted by Gasteiger charge is 2.29. The molecule has 0 spiro atoms. The first-order valence-electron chi connectivity index (χ1n) is 7.11. The number of piperidine rings is 1. The van der Waals surface area contributed by atoms with Crippen LogP contribution in [-0.4, -0.2) is 35.8 Å². The van der Waals surface area contributed by atoms with Crippen molar-refractivity contribution in [2.45, 2.75) is 58.9 Å². The van der Waals surface area contributed by atoms with E-state index in [0.717, 1.165) is 25.8 Å². The van der Waals surface area contributed by atoms with Crippen molar-refractivity contribution in [3.05, 3.63) is 0 Å². The lowest BCUT2D eigenvalue weighted by atomic mass is 9.97. The third-order valence-electron chi connectivity index (χ3n) is 3.47. The van der Waals surface area contributed by atoms with Gasteiger partial charge in [-0.1, -0.05) is 20.3 Å². The summed E-state index contributed by atoms with van der Waals surface area (Å²) in [5.74, 6) is 0.243. The van der Waals surface area contributed by atoms with Crippen LogP contribution in [0.25, 0.3) is 0 Å². The molecule has 1 saturated heterocycles. The normalized spacial score (nSPS) is 19.4. The number of hydrogen-bond acceptors (Lipinski definition) is 3. The van der Waals surface area contributed by atoms with E-state index in [1.165, 1.54) is 4.90 Å². The molecule has 1 unspecified atom stereocenters. The molecule has 0 aliphatic carbocycles. The van der Waals surface area contributed by atoms with Crippen LogP contribution in [0.15, 0.2) is 0 Å². The summed E-state index contributed by atoms with van der Waals surface area (Å²) in [6.07, 6.45) is 4.13. The Kier molecular flexibility index (Phi) is 6.33. The van der Waals surface area contributed by atoms with Crippen molar-refractivity contribution < 1.29 is 9.59 Å². The minimum absolute atomic E-state index is 0.0125. The Labute approximate surface area is 110 Å². The van der Waals surface area contributed by atoms with Crippen LogP contribution >= 0.6 is 0 Å². The molecular weight excluding hydrogens is 228 g/mol. The number of carbonyl (C=O) groups is 2. The molecule has 1 fully saturated rings. The lowest BCUT2D eigenvalue weighted by Crippen LogP contribution is -2.43. The predicted octanol–water partition coefficient (Wildman–Crippen LogP) is 1.94. The number of nitrogens with one attached hydrogen (secondary N) is 1. The number of rotatable bonds is 7. The monoisotopic (exact) mass is 254 g/mol. The van der Waals surface area contributed by atoms with E-state index in [0.29, 0.717) is 25.4 Å². The zero-order valence-corrected chi connectivity index (χ0v) is 11.9. The van der Waals surface area contributed by atoms with E-state index in [9.17, 15) is 9.59 Å². The second-order valence-corrected chi connectivity index (χ2v) is 5.41. The van der Waals surface area contributed by atoms with Crippen LogP contribution in [0, 0.1) is 5.92 Å². The molecule has 2 amide bonds. The first-order chi connectivity index (χ1) is 8.54. The molecule has 0 aromatic carbocycles. The fourth-order valence-electron chi connectivity index (χ4n) is 2.45. The number of nitrogens with zero attached hydrogens (tertiary/aromatic N) is 1. The molecule has 4 nitrogen and oxygen atoms in total. The topological polar surface area (TPSA) is 49.4 Å². The van der Waals surface area contributed by atoms with Crippen LogP contribution in [0.4, 0.5) is 0 Å². The molecule has 104 valence electrons. The molecule has 1 rings (SSSR count). The number of unbranched alkanes of at least 4 members (excludes halogenated alkanes) is 1. The van der Waals surface area contributed by atoms with Gasteiger partial charge in [0, 0.05) is 25.4 Å². The van der Waals surface area contributed by atoms with Crippen molar-refractivity contribution in [3.63, 3.8) is 0 Å². The third kappa shape index (κ3) is 4.77. The summed E-state index contributed by atoms with van der Waals surface area (Å²) in [6, 6.07) is 0.516. The summed E-state index contributed by atoms with van der Waals surface area (Å²) in [5.41, 5.74) is 0. The van der Waals surface area contributed by atoms with Gasteiger partial charge in [-0.2, -0.15) is 0 Å². The lowest BCUT2D eigenvalue weighted by molar-refractivity contribution is -0.149. The molecule has 1 aliphatic heterocycles. The summed E-state index contributed by atoms with van der Waals surface area (Å²) >= 11 is 0. The van der Waals surface area contributed by atoms with Gasteiger partial charge in [-0.05, 0) is 32.2 Å². The molecule has 0 aromatic heterocycles. The van der Waals surface area contributed by atoms with Gasteiger partial charge in [-0.15, -0.1) is 0 Å². The second kappa shape index (κ2) is 7.52. The first-order valence-corrected chi connectivity index (χ1v) is 7.11. The smallest absolute Gasteiger partial charge is 0.229 e. The Morgan fingerprint density at radius 2 is 1.89 bits per heavy atom. The van der Waals surface area contributed by atoms with Gasteiger partial charge >= 0.3 is 0 Å². The molecule has 0 saturated carbocycles. The van der Waals surface area contributed by atoms with Crippen molar-refractivity contribution in [1.29, 1.82) is 0 Å². The quantitative estimate of drug-likeness (QED) is 0.558. The van der Waals surface area contributed by atoms with E-state index in [4.69, 9.17) is 0 Å². The fraction of sp³-hybridized carbons (Fsp3) is 0.857. The van der Waals surface area contributed by atoms with Gasteiger partial charge in [0.15, 0.2) is 0 Å². The Morgan fingerprint density at radius 1 is 1.28 bits per heavy atom. The van der Waals surface area contributed by atoms with Gasteiger partial charge in [-0.3, -0.25) is 14.5 Å². The van der Waals surface area contributed by atoms with Crippen molar-refractivity contribution in [3.8, 4) is 0 Å². The van der Waals surface area contributed by atoms with Gasteiger partial charge in [0.25, 0.3) is 0 Å². The van der Waals surface area contributed by atoms with Crippen LogP contribution in [-0.2, 0) is 9.59 Å². The minimum Gasteiger partial charge on any atom is -0.315 e. The minimum atomic E-state index is 0.0125. The molecule has 4 heteroatoms. The van der Waals surface area contributed by atoms with Gasteiger partial charge in [0.2, 0.25) is 11.8 Å². The summed E-state index contributed by atoms with van der Waals surface area (Å²) in [6.45, 7) is 7.82. The molecule has 18 heavy (non-hydrogen) atoms. The summed E-state index contributed by atoms with van der Waals surface area (Å²) in [4.78, 5) is 24.9. The van der Waals surface area contributed by atoms with Gasteiger partial charge in [-0.25, -0.2) is 0 Å². The summed E-state index contributed by atoms with van der Waals surface area (Å²) < 4.78 is 0. The zero-order valence-electron chi connectivity index (χ0n) is 11.9. The summed E-state index contributed by atoms with van der Waals surface area (Å²) in [7, 11) is 0. The molecule has 0 bridgehead atoms. The third-order valence-corrected chi connectivity index (χ3v) is 3.47. The van der Waals surface area contributed by atoms with E-state index < -0.39 is 0 Å². The Balaban J connectivity index is 2.22. The average molecular weight is 254 g/mol. The van der Waals surface area contributed by atoms with Crippen molar-refractivity contribution in [2.24, 2.45) is 5.92 Å². The highest BCUT2D eigenvalue weighted by atomic mass is 16.2. The van der Waals surface area contributed by atoms with Gasteiger partial charge in [0.05, 0.1) is 0 Å². The van der Waals surface area contributed by atoms with E-state index >= 15 is 0 Å². The molecule has 1 heterocycles. The number of hydrogen-bond donors (Lipinski definition) is 1. The fourth-order valence-corrected chi connectivity index (χ4v) is 2.45. The average Bonchev–Trinajstić information content (AvgIpc) is 2.27. The van der Waals surface area contributed by atoms with Crippen molar-refractivity contribution >= 4 is 11.8 Å². The molecule has 0 aromatic rings. The SMILES string of the molecule is CCNC(C)CCCCN1C(=O)CC(C)CC1=O. The largest absolute Gasteiger partial charge is 0.315 e. The molecular formula is C14H26N2O2. The maximum atomic E-state index is 11.7. The number of likely N-dealkylation sites (tertiary alicyclic amines) is 1. The summed E-state index contributed by atoms with van der Waals surface area (Å²) in [5, 5.41) is 3.36. The maximum absolute atomic E-state index is 11.7. The Hall–Kier alpha value is -0.900. The van der Waals surface area contributed by atoms with Crippen LogP contribution in [0.3, 0.4) is 0 Å². The van der Waals surface area contributed by atoms with Crippen molar-refractivity contribution in [2.75, 3.05) is 13.1 Å². The standard InChI is InChI=1S/C14H26N2O2/c1-4-15-12(3)7-5-6-8-16-13(17)9-11(2)10-14(16)18/h11-12,15H,4-10H2,1-3H3. The molecule has 1 atom stereocenters. The zero-order chi connectivity index (χ0) is 13.5. The van der Waals surface area contributed by atoms with E-state index in [1.807, 2.05) is 6.92 Å². The van der Waals surface area contributed by atoms with Gasteiger partial charge in [0.1, 0.15) is 0 Å². The highest BCUT2D eigenvalue weighted by Crippen LogP contribution is 2.19. The number of imide groups is 1. The lowest BCUT2D eigenvalue weighted by Gasteiger charge is -2.28. The van der Waals surface area contributed by atoms with Crippen LogP contribution in [0.1, 0.15) is 52.9 Å². The van der Waals surface area contributed by atoms with E-state index in [-0.39, 0.29) is 17.7 Å². The second-order valence-electron chi connectivity index (χ2n) is 5.41. The van der Waals surface area contributed by atoms with E-state index in [2.05, 4.69) is 19.2 Å². The van der Waals surface area contributed by atoms with Crippen LogP contribution in [0.2, 0.25) is 0 Å². The Bertz CT molecular complexity index is 274. The highest BCUT2D eigenvalue weighted by molar-refractivity contribution is 5.97. The number of amides is 2. The van der Waals surface area contributed by atoms with Crippen molar-refractivity contribution in [1.82, 2.24) is 10.2 Å². The number of carbonyl (C=O) groups excluding carboxylic acids is 2. The predicted molar refractivity (Wildman–Crippen MR) is 72.1 cm³/mol. The first kappa shape index (κ1) is 15.2. The van der Waals surface area contributed by atoms with Crippen LogP contribution < -0.4 is 5.32 Å². The molecule has 0 radical (unpaired) electrons. The van der Waals surface area contributed by atoms with E-state index in [1.54, 1.807) is 0 Å². The Morgan fingerprint density at radius 3 is 2.44 bits per heavy atom. The maximum Gasteiger partial charge on any atom is 0.229 e. The molecule has 1 aliphatic rings. The molecule has 1 N–H and O–H groups in total. The van der Waals surface area contributed by atoms with Gasteiger partial charge < -0.3 is 5.32 Å². The van der Waals surface area contributed by atoms with Crippen LogP contribution in [0.5, 0.6) is 0 Å².